The van der Waals surface area contributed by atoms with Crippen LogP contribution in [0.1, 0.15) is 5.56 Å². The Balaban J connectivity index is 3.10. The second kappa shape index (κ2) is 4.09. The highest BCUT2D eigenvalue weighted by Gasteiger charge is 2.06. The quantitative estimate of drug-likeness (QED) is 0.455. The van der Waals surface area contributed by atoms with E-state index >= 15 is 0 Å². The molecule has 0 spiro atoms. The average Bonchev–Trinajstić information content (AvgIpc) is 2.16. The van der Waals surface area contributed by atoms with Crippen molar-refractivity contribution in [3.63, 3.8) is 0 Å². The van der Waals surface area contributed by atoms with Crippen molar-refractivity contribution in [2.75, 3.05) is 7.11 Å². The molecule has 0 amide bonds. The van der Waals surface area contributed by atoms with Gasteiger partial charge in [0, 0.05) is 5.56 Å². The van der Waals surface area contributed by atoms with Crippen molar-refractivity contribution in [3.8, 4) is 5.75 Å². The third-order valence-electron chi connectivity index (χ3n) is 1.48. The minimum atomic E-state index is -0.554. The van der Waals surface area contributed by atoms with Gasteiger partial charge >= 0.3 is 0 Å². The molecule has 13 heavy (non-hydrogen) atoms. The predicted octanol–water partition coefficient (Wildman–Crippen LogP) is 2.21. The van der Waals surface area contributed by atoms with Crippen LogP contribution >= 0.6 is 11.6 Å². The van der Waals surface area contributed by atoms with Gasteiger partial charge in [0.1, 0.15) is 0 Å². The third kappa shape index (κ3) is 2.09. The number of hydrogen-bond donors (Lipinski definition) is 1. The first-order chi connectivity index (χ1) is 6.19. The lowest BCUT2D eigenvalue weighted by Gasteiger charge is -2.02. The average molecular weight is 204 g/mol. The molecule has 0 saturated carbocycles. The molecule has 0 saturated heterocycles. The molecule has 0 bridgehead atoms. The second-order valence-corrected chi connectivity index (χ2v) is 2.60. The van der Waals surface area contributed by atoms with Gasteiger partial charge in [0.25, 0.3) is 0 Å². The molecule has 0 unspecified atom stereocenters. The van der Waals surface area contributed by atoms with E-state index in [0.29, 0.717) is 5.56 Å². The highest BCUT2D eigenvalue weighted by Crippen LogP contribution is 2.18. The Labute approximate surface area is 79.4 Å². The summed E-state index contributed by atoms with van der Waals surface area (Å²) in [5, 5.41) is 10.9. The van der Waals surface area contributed by atoms with Gasteiger partial charge in [0.2, 0.25) is 0 Å². The molecule has 1 rings (SSSR count). The highest BCUT2D eigenvalue weighted by atomic mass is 35.5. The van der Waals surface area contributed by atoms with Gasteiger partial charge < -0.3 is 9.94 Å². The first-order valence-electron chi connectivity index (χ1n) is 3.40. The van der Waals surface area contributed by atoms with Crippen LogP contribution in [0.25, 0.3) is 0 Å². The van der Waals surface area contributed by atoms with Crippen LogP contribution in [0.2, 0.25) is 0 Å². The number of nitrogens with zero attached hydrogens (tertiary/aromatic N) is 1. The number of hydrogen-bond acceptors (Lipinski definition) is 3. The molecule has 0 atom stereocenters. The molecular weight excluding hydrogens is 197 g/mol. The minimum absolute atomic E-state index is 0.117. The van der Waals surface area contributed by atoms with E-state index in [9.17, 15) is 4.39 Å². The molecule has 0 heterocycles. The monoisotopic (exact) mass is 203 g/mol. The standard InChI is InChI=1S/C8H7ClFNO2/c1-13-7-3-2-5(4-6(7)10)8(9)11-12/h2-4,12H,1H3. The summed E-state index contributed by atoms with van der Waals surface area (Å²) in [6.07, 6.45) is 0. The van der Waals surface area contributed by atoms with Gasteiger partial charge in [-0.05, 0) is 18.2 Å². The fraction of sp³-hybridized carbons (Fsp3) is 0.125. The summed E-state index contributed by atoms with van der Waals surface area (Å²) in [5.74, 6) is -0.437. The summed E-state index contributed by atoms with van der Waals surface area (Å²) in [6, 6.07) is 4.02. The van der Waals surface area contributed by atoms with Crippen LogP contribution in [0.4, 0.5) is 4.39 Å². The van der Waals surface area contributed by atoms with Crippen LogP contribution in [-0.2, 0) is 0 Å². The summed E-state index contributed by atoms with van der Waals surface area (Å²) in [6.45, 7) is 0. The SMILES string of the molecule is COc1ccc(C(Cl)=NO)cc1F. The van der Waals surface area contributed by atoms with Gasteiger partial charge in [-0.3, -0.25) is 0 Å². The zero-order chi connectivity index (χ0) is 9.84. The maximum atomic E-state index is 13.0. The van der Waals surface area contributed by atoms with Crippen LogP contribution in [-0.4, -0.2) is 17.5 Å². The van der Waals surface area contributed by atoms with E-state index in [4.69, 9.17) is 21.5 Å². The van der Waals surface area contributed by atoms with Crippen molar-refractivity contribution in [2.24, 2.45) is 5.16 Å². The summed E-state index contributed by atoms with van der Waals surface area (Å²) in [7, 11) is 1.36. The number of ether oxygens (including phenoxy) is 1. The zero-order valence-electron chi connectivity index (χ0n) is 6.79. The van der Waals surface area contributed by atoms with Crippen molar-refractivity contribution in [2.45, 2.75) is 0 Å². The van der Waals surface area contributed by atoms with Crippen molar-refractivity contribution in [1.82, 2.24) is 0 Å². The van der Waals surface area contributed by atoms with Crippen LogP contribution in [0, 0.1) is 5.82 Å². The van der Waals surface area contributed by atoms with Crippen LogP contribution in [0.5, 0.6) is 5.75 Å². The van der Waals surface area contributed by atoms with Crippen molar-refractivity contribution >= 4 is 16.8 Å². The largest absolute Gasteiger partial charge is 0.494 e. The Morgan fingerprint density at radius 2 is 2.31 bits per heavy atom. The first-order valence-corrected chi connectivity index (χ1v) is 3.78. The molecule has 70 valence electrons. The molecule has 5 heteroatoms. The van der Waals surface area contributed by atoms with E-state index in [2.05, 4.69) is 5.16 Å². The van der Waals surface area contributed by atoms with E-state index in [-0.39, 0.29) is 10.9 Å². The number of benzene rings is 1. The maximum Gasteiger partial charge on any atom is 0.175 e. The Morgan fingerprint density at radius 3 is 2.77 bits per heavy atom. The van der Waals surface area contributed by atoms with Gasteiger partial charge in [-0.15, -0.1) is 0 Å². The normalized spacial score (nSPS) is 11.5. The fourth-order valence-electron chi connectivity index (χ4n) is 0.852. The molecule has 0 aromatic heterocycles. The molecule has 1 N–H and O–H groups in total. The number of methoxy groups -OCH3 is 1. The highest BCUT2D eigenvalue weighted by molar-refractivity contribution is 6.69. The summed E-state index contributed by atoms with van der Waals surface area (Å²) < 4.78 is 17.7. The fourth-order valence-corrected chi connectivity index (χ4v) is 0.970. The maximum absolute atomic E-state index is 13.0. The molecular formula is C8H7ClFNO2. The van der Waals surface area contributed by atoms with Gasteiger partial charge in [0.15, 0.2) is 16.7 Å². The summed E-state index contributed by atoms with van der Waals surface area (Å²) >= 11 is 5.45. The van der Waals surface area contributed by atoms with E-state index in [1.54, 1.807) is 0 Å². The lowest BCUT2D eigenvalue weighted by molar-refractivity contribution is 0.321. The van der Waals surface area contributed by atoms with E-state index in [1.807, 2.05) is 0 Å². The summed E-state index contributed by atoms with van der Waals surface area (Å²) in [5.41, 5.74) is 0.294. The van der Waals surface area contributed by atoms with E-state index in [1.165, 1.54) is 19.2 Å². The van der Waals surface area contributed by atoms with Crippen molar-refractivity contribution < 1.29 is 14.3 Å². The Kier molecular flexibility index (Phi) is 3.08. The summed E-state index contributed by atoms with van der Waals surface area (Å²) in [4.78, 5) is 0. The van der Waals surface area contributed by atoms with Crippen LogP contribution in [0.15, 0.2) is 23.4 Å². The molecule has 1 aromatic carbocycles. The van der Waals surface area contributed by atoms with Gasteiger partial charge in [-0.2, -0.15) is 0 Å². The number of halogens is 2. The predicted molar refractivity (Wildman–Crippen MR) is 47.1 cm³/mol. The van der Waals surface area contributed by atoms with E-state index in [0.717, 1.165) is 6.07 Å². The van der Waals surface area contributed by atoms with Gasteiger partial charge in [-0.1, -0.05) is 16.8 Å². The van der Waals surface area contributed by atoms with Crippen LogP contribution < -0.4 is 4.74 Å². The molecule has 0 aliphatic rings. The smallest absolute Gasteiger partial charge is 0.175 e. The van der Waals surface area contributed by atoms with Gasteiger partial charge in [0.05, 0.1) is 7.11 Å². The molecule has 0 fully saturated rings. The molecule has 1 aromatic rings. The first kappa shape index (κ1) is 9.80. The molecule has 3 nitrogen and oxygen atoms in total. The zero-order valence-corrected chi connectivity index (χ0v) is 7.55. The Bertz CT molecular complexity index is 341. The van der Waals surface area contributed by atoms with Gasteiger partial charge in [-0.25, -0.2) is 4.39 Å². The minimum Gasteiger partial charge on any atom is -0.494 e. The van der Waals surface area contributed by atoms with Crippen molar-refractivity contribution in [1.29, 1.82) is 0 Å². The third-order valence-corrected chi connectivity index (χ3v) is 1.77. The Hall–Kier alpha value is -1.29. The lowest BCUT2D eigenvalue weighted by atomic mass is 10.2. The Morgan fingerprint density at radius 1 is 1.62 bits per heavy atom. The molecule has 0 aliphatic carbocycles. The topological polar surface area (TPSA) is 41.8 Å². The lowest BCUT2D eigenvalue weighted by Crippen LogP contribution is -1.94. The van der Waals surface area contributed by atoms with E-state index < -0.39 is 5.82 Å². The van der Waals surface area contributed by atoms with Crippen LogP contribution in [0.3, 0.4) is 0 Å². The number of rotatable bonds is 2. The second-order valence-electron chi connectivity index (χ2n) is 2.24. The molecule has 0 radical (unpaired) electrons. The molecule has 0 aliphatic heterocycles. The number of oxime groups is 1. The van der Waals surface area contributed by atoms with Crippen molar-refractivity contribution in [3.05, 3.63) is 29.6 Å².